The molecule has 6 nitrogen and oxygen atoms in total. The highest BCUT2D eigenvalue weighted by molar-refractivity contribution is 5.83. The molecule has 0 fully saturated rings. The molecule has 0 aliphatic heterocycles. The van der Waals surface area contributed by atoms with Crippen LogP contribution in [0.4, 0.5) is 4.79 Å². The molecule has 3 rings (SSSR count). The largest absolute Gasteiger partial charge is 0.493 e. The molecule has 2 amide bonds. The molecule has 0 aliphatic carbocycles. The minimum Gasteiger partial charge on any atom is -0.493 e. The summed E-state index contributed by atoms with van der Waals surface area (Å²) in [6.07, 6.45) is 1.15. The number of fused-ring (bicyclic) bond motifs is 1. The second-order valence-electron chi connectivity index (χ2n) is 7.74. The third-order valence-corrected chi connectivity index (χ3v) is 5.23. The summed E-state index contributed by atoms with van der Waals surface area (Å²) in [5.74, 6) is 0.361. The van der Waals surface area contributed by atoms with Crippen LogP contribution in [0.5, 0.6) is 5.75 Å². The first-order valence-electron chi connectivity index (χ1n) is 10.8. The van der Waals surface area contributed by atoms with Gasteiger partial charge in [0.15, 0.2) is 0 Å². The Balaban J connectivity index is 1.70. The van der Waals surface area contributed by atoms with Crippen LogP contribution in [0.15, 0.2) is 60.7 Å². The van der Waals surface area contributed by atoms with Crippen LogP contribution >= 0.6 is 0 Å². The Morgan fingerprint density at radius 3 is 2.44 bits per heavy atom. The Bertz CT molecular complexity index is 1080. The zero-order chi connectivity index (χ0) is 22.9. The molecule has 0 aromatic heterocycles. The Hall–Kier alpha value is -3.54. The van der Waals surface area contributed by atoms with Gasteiger partial charge in [0.2, 0.25) is 5.91 Å². The molecule has 3 aromatic carbocycles. The van der Waals surface area contributed by atoms with E-state index in [2.05, 4.69) is 30.3 Å². The molecule has 0 atom stereocenters. The van der Waals surface area contributed by atoms with Gasteiger partial charge in [-0.05, 0) is 46.9 Å². The third-order valence-electron chi connectivity index (χ3n) is 5.23. The van der Waals surface area contributed by atoms with Crippen molar-refractivity contribution in [2.75, 3.05) is 20.3 Å². The zero-order valence-corrected chi connectivity index (χ0v) is 18.7. The van der Waals surface area contributed by atoms with Gasteiger partial charge in [0.1, 0.15) is 5.75 Å². The first-order chi connectivity index (χ1) is 15.5. The van der Waals surface area contributed by atoms with Gasteiger partial charge in [0.05, 0.1) is 13.2 Å². The maximum absolute atomic E-state index is 11.9. The lowest BCUT2D eigenvalue weighted by molar-refractivity contribution is -0.117. The summed E-state index contributed by atoms with van der Waals surface area (Å²) >= 11 is 0. The van der Waals surface area contributed by atoms with Crippen LogP contribution in [0.2, 0.25) is 0 Å². The molecule has 0 heterocycles. The van der Waals surface area contributed by atoms with Crippen molar-refractivity contribution < 1.29 is 19.1 Å². The number of carbonyl (C=O) groups excluding carboxylic acids is 2. The Morgan fingerprint density at radius 1 is 0.938 bits per heavy atom. The molecule has 0 radical (unpaired) electrons. The second-order valence-corrected chi connectivity index (χ2v) is 7.74. The molecule has 0 aliphatic rings. The molecule has 3 aromatic rings. The molecule has 6 heteroatoms. The van der Waals surface area contributed by atoms with Crippen LogP contribution in [0.1, 0.15) is 30.0 Å². The first kappa shape index (κ1) is 23.1. The lowest BCUT2D eigenvalue weighted by atomic mass is 10.0. The summed E-state index contributed by atoms with van der Waals surface area (Å²) in [5.41, 5.74) is 8.37. The lowest BCUT2D eigenvalue weighted by Gasteiger charge is -2.18. The zero-order valence-electron chi connectivity index (χ0n) is 18.7. The summed E-state index contributed by atoms with van der Waals surface area (Å²) < 4.78 is 11.2. The topological polar surface area (TPSA) is 81.9 Å². The van der Waals surface area contributed by atoms with E-state index >= 15 is 0 Å². The van der Waals surface area contributed by atoms with Crippen LogP contribution in [0, 0.1) is 0 Å². The van der Waals surface area contributed by atoms with E-state index in [4.69, 9.17) is 15.2 Å². The van der Waals surface area contributed by atoms with Gasteiger partial charge >= 0.3 is 6.09 Å². The average molecular weight is 435 g/mol. The van der Waals surface area contributed by atoms with Crippen molar-refractivity contribution in [2.24, 2.45) is 5.73 Å². The first-order valence-corrected chi connectivity index (χ1v) is 10.8. The molecule has 0 spiro atoms. The maximum atomic E-state index is 11.9. The van der Waals surface area contributed by atoms with Crippen LogP contribution in [-0.4, -0.2) is 37.2 Å². The van der Waals surface area contributed by atoms with Crippen molar-refractivity contribution in [1.29, 1.82) is 0 Å². The average Bonchev–Trinajstić information content (AvgIpc) is 2.78. The molecule has 2 N–H and O–H groups in total. The smallest absolute Gasteiger partial charge is 0.409 e. The summed E-state index contributed by atoms with van der Waals surface area (Å²) in [6.45, 7) is 3.01. The minimum absolute atomic E-state index is 0.253. The van der Waals surface area contributed by atoms with Crippen molar-refractivity contribution in [3.63, 3.8) is 0 Å². The van der Waals surface area contributed by atoms with Gasteiger partial charge in [-0.25, -0.2) is 4.79 Å². The fourth-order valence-corrected chi connectivity index (χ4v) is 3.54. The van der Waals surface area contributed by atoms with E-state index in [0.29, 0.717) is 31.9 Å². The predicted molar refractivity (Wildman–Crippen MR) is 126 cm³/mol. The highest BCUT2D eigenvalue weighted by atomic mass is 16.6. The van der Waals surface area contributed by atoms with Gasteiger partial charge in [-0.2, -0.15) is 0 Å². The number of rotatable bonds is 10. The highest BCUT2D eigenvalue weighted by Gasteiger charge is 2.13. The molecule has 0 bridgehead atoms. The number of nitrogens with zero attached hydrogens (tertiary/aromatic N) is 1. The van der Waals surface area contributed by atoms with Crippen molar-refractivity contribution in [1.82, 2.24) is 4.90 Å². The molecular weight excluding hydrogens is 404 g/mol. The molecule has 168 valence electrons. The number of carbonyl (C=O) groups is 2. The van der Waals surface area contributed by atoms with Crippen molar-refractivity contribution in [3.05, 3.63) is 77.4 Å². The lowest BCUT2D eigenvalue weighted by Crippen LogP contribution is -2.26. The number of hydrogen-bond acceptors (Lipinski definition) is 4. The van der Waals surface area contributed by atoms with Crippen molar-refractivity contribution in [2.45, 2.75) is 32.7 Å². The number of hydrogen-bond donors (Lipinski definition) is 1. The molecular formula is C26H30N2O4. The van der Waals surface area contributed by atoms with Crippen LogP contribution in [-0.2, 0) is 28.9 Å². The standard InChI is InChI=1S/C26H30N2O4/c1-3-31-26(30)28(2)18-20-9-11-22(12-13-25(27)29)24(17-20)32-15-14-19-8-10-21-6-4-5-7-23(21)16-19/h4-11,16-17H,3,12-15,18H2,1-2H3,(H2,27,29). The summed E-state index contributed by atoms with van der Waals surface area (Å²) in [4.78, 5) is 24.7. The predicted octanol–water partition coefficient (Wildman–Crippen LogP) is 4.47. The highest BCUT2D eigenvalue weighted by Crippen LogP contribution is 2.24. The summed E-state index contributed by atoms with van der Waals surface area (Å²) in [7, 11) is 1.69. The van der Waals surface area contributed by atoms with E-state index in [1.165, 1.54) is 21.2 Å². The minimum atomic E-state index is -0.371. The number of amides is 2. The van der Waals surface area contributed by atoms with E-state index in [-0.39, 0.29) is 18.4 Å². The molecule has 0 saturated carbocycles. The quantitative estimate of drug-likeness (QED) is 0.510. The number of benzene rings is 3. The fraction of sp³-hybridized carbons (Fsp3) is 0.308. The van der Waals surface area contributed by atoms with Gasteiger partial charge < -0.3 is 20.1 Å². The van der Waals surface area contributed by atoms with Crippen LogP contribution in [0.3, 0.4) is 0 Å². The van der Waals surface area contributed by atoms with Crippen molar-refractivity contribution in [3.8, 4) is 5.75 Å². The molecule has 0 unspecified atom stereocenters. The SMILES string of the molecule is CCOC(=O)N(C)Cc1ccc(CCC(N)=O)c(OCCc2ccc3ccccc3c2)c1. The van der Waals surface area contributed by atoms with Crippen LogP contribution in [0.25, 0.3) is 10.8 Å². The molecule has 0 saturated heterocycles. The maximum Gasteiger partial charge on any atom is 0.409 e. The Kier molecular flexibility index (Phi) is 8.08. The van der Waals surface area contributed by atoms with Crippen LogP contribution < -0.4 is 10.5 Å². The van der Waals surface area contributed by atoms with Gasteiger partial charge in [-0.3, -0.25) is 4.79 Å². The van der Waals surface area contributed by atoms with E-state index in [1.807, 2.05) is 30.3 Å². The number of primary amides is 1. The Labute approximate surface area is 188 Å². The molecule has 32 heavy (non-hydrogen) atoms. The number of aryl methyl sites for hydroxylation is 1. The van der Waals surface area contributed by atoms with Gasteiger partial charge in [-0.1, -0.05) is 54.6 Å². The third kappa shape index (κ3) is 6.48. The van der Waals surface area contributed by atoms with E-state index < -0.39 is 0 Å². The summed E-state index contributed by atoms with van der Waals surface area (Å²) in [6, 6.07) is 20.5. The Morgan fingerprint density at radius 2 is 1.69 bits per heavy atom. The summed E-state index contributed by atoms with van der Waals surface area (Å²) in [5, 5.41) is 2.42. The normalized spacial score (nSPS) is 10.7. The number of ether oxygens (including phenoxy) is 2. The monoisotopic (exact) mass is 434 g/mol. The van der Waals surface area contributed by atoms with E-state index in [9.17, 15) is 9.59 Å². The number of nitrogens with two attached hydrogens (primary N) is 1. The van der Waals surface area contributed by atoms with Gasteiger partial charge in [0.25, 0.3) is 0 Å². The van der Waals surface area contributed by atoms with Gasteiger partial charge in [-0.15, -0.1) is 0 Å². The fourth-order valence-electron chi connectivity index (χ4n) is 3.54. The van der Waals surface area contributed by atoms with E-state index in [1.54, 1.807) is 14.0 Å². The second kappa shape index (κ2) is 11.2. The van der Waals surface area contributed by atoms with E-state index in [0.717, 1.165) is 17.5 Å². The van der Waals surface area contributed by atoms with Crippen molar-refractivity contribution >= 4 is 22.8 Å². The van der Waals surface area contributed by atoms with Gasteiger partial charge in [0, 0.05) is 26.4 Å².